The fourth-order valence-corrected chi connectivity index (χ4v) is 3.17. The Kier molecular flexibility index (Phi) is 7.91. The Hall–Kier alpha value is -2.08. The number of hydrogen-bond acceptors (Lipinski definition) is 4. The molecular formula is C20H28N2O3S. The Balaban J connectivity index is 2.08. The second kappa shape index (κ2) is 10.2. The number of carbonyl (C=O) groups excluding carboxylic acids is 1. The normalized spacial score (nSPS) is 16.7. The van der Waals surface area contributed by atoms with Crippen molar-refractivity contribution in [2.45, 2.75) is 52.5 Å². The lowest BCUT2D eigenvalue weighted by Gasteiger charge is -2.29. The maximum Gasteiger partial charge on any atom is 0.338 e. The van der Waals surface area contributed by atoms with Crippen molar-refractivity contribution in [3.63, 3.8) is 0 Å². The van der Waals surface area contributed by atoms with Crippen molar-refractivity contribution in [2.24, 2.45) is 0 Å². The summed E-state index contributed by atoms with van der Waals surface area (Å²) in [5, 5.41) is 6.65. The smallest absolute Gasteiger partial charge is 0.338 e. The van der Waals surface area contributed by atoms with Crippen LogP contribution < -0.4 is 15.4 Å². The van der Waals surface area contributed by atoms with E-state index in [1.54, 1.807) is 6.92 Å². The maximum absolute atomic E-state index is 12.4. The molecule has 0 bridgehead atoms. The largest absolute Gasteiger partial charge is 0.494 e. The molecule has 0 unspecified atom stereocenters. The molecule has 2 N–H and O–H groups in total. The SMILES string of the molecule is CCCCCCOc1ccc([C@@H]2NC(=S)NC(C)=C2C(=O)OCC)cc1. The van der Waals surface area contributed by atoms with Crippen LogP contribution in [-0.2, 0) is 9.53 Å². The monoisotopic (exact) mass is 376 g/mol. The van der Waals surface area contributed by atoms with E-state index in [0.29, 0.717) is 23.0 Å². The summed E-state index contributed by atoms with van der Waals surface area (Å²) in [6, 6.07) is 7.44. The molecule has 0 fully saturated rings. The van der Waals surface area contributed by atoms with Crippen LogP contribution in [0.3, 0.4) is 0 Å². The summed E-state index contributed by atoms with van der Waals surface area (Å²) < 4.78 is 11.0. The van der Waals surface area contributed by atoms with Gasteiger partial charge in [-0.15, -0.1) is 0 Å². The van der Waals surface area contributed by atoms with Crippen LogP contribution in [0.25, 0.3) is 0 Å². The number of rotatable bonds is 9. The van der Waals surface area contributed by atoms with Crippen molar-refractivity contribution in [1.29, 1.82) is 0 Å². The number of benzene rings is 1. The van der Waals surface area contributed by atoms with Gasteiger partial charge in [0, 0.05) is 5.70 Å². The fourth-order valence-electron chi connectivity index (χ4n) is 2.90. The lowest BCUT2D eigenvalue weighted by Crippen LogP contribution is -2.45. The first kappa shape index (κ1) is 20.2. The van der Waals surface area contributed by atoms with Crippen molar-refractivity contribution >= 4 is 23.3 Å². The molecule has 1 aliphatic rings. The average Bonchev–Trinajstić information content (AvgIpc) is 2.61. The van der Waals surface area contributed by atoms with Crippen molar-refractivity contribution in [3.8, 4) is 5.75 Å². The van der Waals surface area contributed by atoms with Crippen LogP contribution in [-0.4, -0.2) is 24.3 Å². The Morgan fingerprint density at radius 2 is 1.88 bits per heavy atom. The zero-order valence-corrected chi connectivity index (χ0v) is 16.6. The molecular weight excluding hydrogens is 348 g/mol. The summed E-state index contributed by atoms with van der Waals surface area (Å²) in [6.07, 6.45) is 4.72. The number of hydrogen-bond donors (Lipinski definition) is 2. The Bertz CT molecular complexity index is 656. The van der Waals surface area contributed by atoms with Gasteiger partial charge in [-0.2, -0.15) is 0 Å². The lowest BCUT2D eigenvalue weighted by atomic mass is 9.95. The van der Waals surface area contributed by atoms with Gasteiger partial charge in [0.2, 0.25) is 0 Å². The first-order valence-corrected chi connectivity index (χ1v) is 9.65. The van der Waals surface area contributed by atoms with Gasteiger partial charge in [-0.05, 0) is 50.2 Å². The van der Waals surface area contributed by atoms with Crippen molar-refractivity contribution < 1.29 is 14.3 Å². The highest BCUT2D eigenvalue weighted by atomic mass is 32.1. The molecule has 0 saturated heterocycles. The van der Waals surface area contributed by atoms with Gasteiger partial charge in [-0.25, -0.2) is 4.79 Å². The molecule has 0 radical (unpaired) electrons. The number of nitrogens with one attached hydrogen (secondary N) is 2. The number of esters is 1. The molecule has 0 aliphatic carbocycles. The zero-order valence-electron chi connectivity index (χ0n) is 15.8. The molecule has 0 amide bonds. The number of thiocarbonyl (C=S) groups is 1. The predicted molar refractivity (Wildman–Crippen MR) is 107 cm³/mol. The van der Waals surface area contributed by atoms with Gasteiger partial charge in [-0.3, -0.25) is 0 Å². The third kappa shape index (κ3) is 5.46. The van der Waals surface area contributed by atoms with E-state index in [2.05, 4.69) is 17.6 Å². The number of ether oxygens (including phenoxy) is 2. The van der Waals surface area contributed by atoms with Gasteiger partial charge in [0.1, 0.15) is 5.75 Å². The highest BCUT2D eigenvalue weighted by molar-refractivity contribution is 7.80. The van der Waals surface area contributed by atoms with Gasteiger partial charge in [-0.1, -0.05) is 38.3 Å². The van der Waals surface area contributed by atoms with Crippen LogP contribution in [0.4, 0.5) is 0 Å². The van der Waals surface area contributed by atoms with Gasteiger partial charge in [0.05, 0.1) is 24.8 Å². The highest BCUT2D eigenvalue weighted by Crippen LogP contribution is 2.29. The van der Waals surface area contributed by atoms with Gasteiger partial charge >= 0.3 is 5.97 Å². The van der Waals surface area contributed by atoms with E-state index in [-0.39, 0.29) is 12.0 Å². The zero-order chi connectivity index (χ0) is 18.9. The van der Waals surface area contributed by atoms with Crippen molar-refractivity contribution in [1.82, 2.24) is 10.6 Å². The topological polar surface area (TPSA) is 59.6 Å². The molecule has 0 saturated carbocycles. The molecule has 1 atom stereocenters. The summed E-state index contributed by atoms with van der Waals surface area (Å²) in [6.45, 7) is 6.88. The third-order valence-electron chi connectivity index (χ3n) is 4.24. The summed E-state index contributed by atoms with van der Waals surface area (Å²) in [5.41, 5.74) is 2.21. The second-order valence-corrected chi connectivity index (χ2v) is 6.68. The van der Waals surface area contributed by atoms with Crippen molar-refractivity contribution in [3.05, 3.63) is 41.1 Å². The molecule has 6 heteroatoms. The number of unbranched alkanes of at least 4 members (excludes halogenated alkanes) is 3. The molecule has 1 aromatic carbocycles. The van der Waals surface area contributed by atoms with Gasteiger partial charge < -0.3 is 20.1 Å². The predicted octanol–water partition coefficient (Wildman–Crippen LogP) is 4.00. The first-order valence-electron chi connectivity index (χ1n) is 9.25. The molecule has 2 rings (SSSR count). The van der Waals surface area contributed by atoms with Gasteiger partial charge in [0.15, 0.2) is 5.11 Å². The van der Waals surface area contributed by atoms with E-state index >= 15 is 0 Å². The van der Waals surface area contributed by atoms with Gasteiger partial charge in [0.25, 0.3) is 0 Å². The Labute approximate surface area is 161 Å². The van der Waals surface area contributed by atoms with Crippen LogP contribution >= 0.6 is 12.2 Å². The van der Waals surface area contributed by atoms with Crippen LogP contribution in [0.5, 0.6) is 5.75 Å². The Morgan fingerprint density at radius 1 is 1.15 bits per heavy atom. The second-order valence-electron chi connectivity index (χ2n) is 6.27. The minimum absolute atomic E-state index is 0.331. The Morgan fingerprint density at radius 3 is 2.54 bits per heavy atom. The first-order chi connectivity index (χ1) is 12.6. The van der Waals surface area contributed by atoms with E-state index in [1.807, 2.05) is 31.2 Å². The molecule has 0 aromatic heterocycles. The van der Waals surface area contributed by atoms with E-state index < -0.39 is 0 Å². The van der Waals surface area contributed by atoms with Crippen LogP contribution in [0.2, 0.25) is 0 Å². The summed E-state index contributed by atoms with van der Waals surface area (Å²) in [4.78, 5) is 12.4. The van der Waals surface area contributed by atoms with E-state index in [4.69, 9.17) is 21.7 Å². The van der Waals surface area contributed by atoms with Crippen LogP contribution in [0.1, 0.15) is 58.1 Å². The van der Waals surface area contributed by atoms with E-state index in [1.165, 1.54) is 19.3 Å². The third-order valence-corrected chi connectivity index (χ3v) is 4.46. The van der Waals surface area contributed by atoms with E-state index in [9.17, 15) is 4.79 Å². The fraction of sp³-hybridized carbons (Fsp3) is 0.500. The molecule has 1 heterocycles. The molecule has 142 valence electrons. The minimum atomic E-state index is -0.339. The molecule has 1 aromatic rings. The lowest BCUT2D eigenvalue weighted by molar-refractivity contribution is -0.139. The summed E-state index contributed by atoms with van der Waals surface area (Å²) in [5.74, 6) is 0.494. The summed E-state index contributed by atoms with van der Waals surface area (Å²) >= 11 is 5.25. The molecule has 5 nitrogen and oxygen atoms in total. The highest BCUT2D eigenvalue weighted by Gasteiger charge is 2.30. The quantitative estimate of drug-likeness (QED) is 0.386. The van der Waals surface area contributed by atoms with Crippen LogP contribution in [0.15, 0.2) is 35.5 Å². The maximum atomic E-state index is 12.4. The standard InChI is InChI=1S/C20H28N2O3S/c1-4-6-7-8-13-25-16-11-9-15(10-12-16)18-17(19(23)24-5-2)14(3)21-20(26)22-18/h9-12,18H,4-8,13H2,1-3H3,(H2,21,22,26)/t18-/m0/s1. The van der Waals surface area contributed by atoms with Crippen LogP contribution in [0, 0.1) is 0 Å². The van der Waals surface area contributed by atoms with E-state index in [0.717, 1.165) is 24.3 Å². The number of carbonyl (C=O) groups is 1. The number of allylic oxidation sites excluding steroid dienone is 1. The average molecular weight is 377 g/mol. The molecule has 0 spiro atoms. The summed E-state index contributed by atoms with van der Waals surface area (Å²) in [7, 11) is 0. The minimum Gasteiger partial charge on any atom is -0.494 e. The molecule has 1 aliphatic heterocycles. The van der Waals surface area contributed by atoms with Crippen molar-refractivity contribution in [2.75, 3.05) is 13.2 Å². The molecule has 26 heavy (non-hydrogen) atoms.